The molecule has 5 nitrogen and oxygen atoms in total. The molecule has 0 bridgehead atoms. The summed E-state index contributed by atoms with van der Waals surface area (Å²) in [6.07, 6.45) is 0.776. The van der Waals surface area contributed by atoms with Gasteiger partial charge in [-0.2, -0.15) is 0 Å². The third-order valence-electron chi connectivity index (χ3n) is 4.38. The van der Waals surface area contributed by atoms with E-state index in [0.29, 0.717) is 29.0 Å². The van der Waals surface area contributed by atoms with Crippen LogP contribution in [0.4, 0.5) is 5.69 Å². The molecular weight excluding hydrogens is 328 g/mol. The third kappa shape index (κ3) is 2.29. The molecule has 0 fully saturated rings. The summed E-state index contributed by atoms with van der Waals surface area (Å²) in [4.78, 5) is 37.4. The maximum atomic E-state index is 12.4. The number of nitrogens with zero attached hydrogens (tertiary/aromatic N) is 1. The minimum absolute atomic E-state index is 0.0569. The molecule has 4 rings (SSSR count). The van der Waals surface area contributed by atoms with Crippen LogP contribution in [0.1, 0.15) is 31.8 Å². The molecule has 0 spiro atoms. The van der Waals surface area contributed by atoms with E-state index in [4.69, 9.17) is 11.6 Å². The molecule has 0 atom stereocenters. The van der Waals surface area contributed by atoms with Crippen molar-refractivity contribution in [2.24, 2.45) is 0 Å². The predicted octanol–water partition coefficient (Wildman–Crippen LogP) is 2.67. The summed E-state index contributed by atoms with van der Waals surface area (Å²) >= 11 is 6.26. The molecule has 1 N–H and O–H groups in total. The molecule has 0 aliphatic carbocycles. The van der Waals surface area contributed by atoms with E-state index in [-0.39, 0.29) is 24.3 Å². The Balaban J connectivity index is 1.55. The topological polar surface area (TPSA) is 66.5 Å². The van der Waals surface area contributed by atoms with Gasteiger partial charge in [0.05, 0.1) is 17.5 Å². The molecule has 2 aliphatic rings. The lowest BCUT2D eigenvalue weighted by Crippen LogP contribution is -2.31. The van der Waals surface area contributed by atoms with E-state index in [1.54, 1.807) is 30.3 Å². The maximum Gasteiger partial charge on any atom is 0.261 e. The molecule has 120 valence electrons. The van der Waals surface area contributed by atoms with Gasteiger partial charge in [0.25, 0.3) is 11.8 Å². The molecule has 24 heavy (non-hydrogen) atoms. The second-order valence-electron chi connectivity index (χ2n) is 5.88. The Morgan fingerprint density at radius 3 is 2.38 bits per heavy atom. The quantitative estimate of drug-likeness (QED) is 0.873. The number of hydrogen-bond acceptors (Lipinski definition) is 3. The molecule has 0 saturated heterocycles. The van der Waals surface area contributed by atoms with Crippen LogP contribution in [0.25, 0.3) is 0 Å². The van der Waals surface area contributed by atoms with Crippen LogP contribution in [0.2, 0.25) is 5.02 Å². The average Bonchev–Trinajstić information content (AvgIpc) is 3.03. The normalized spacial score (nSPS) is 15.5. The van der Waals surface area contributed by atoms with Gasteiger partial charge < -0.3 is 5.32 Å². The standard InChI is InChI=1S/C18H13ClN2O3/c19-14-9-15-11(8-16(22)20-15)7-10(14)5-6-21-17(23)12-3-1-2-4-13(12)18(21)24/h1-4,7,9H,5-6,8H2,(H,20,22). The molecule has 0 radical (unpaired) electrons. The monoisotopic (exact) mass is 340 g/mol. The molecule has 2 aromatic carbocycles. The minimum Gasteiger partial charge on any atom is -0.325 e. The molecule has 2 heterocycles. The molecule has 2 aliphatic heterocycles. The Labute approximate surface area is 143 Å². The van der Waals surface area contributed by atoms with Crippen molar-refractivity contribution in [3.05, 3.63) is 63.7 Å². The first-order valence-electron chi connectivity index (χ1n) is 7.61. The van der Waals surface area contributed by atoms with E-state index in [2.05, 4.69) is 5.32 Å². The highest BCUT2D eigenvalue weighted by atomic mass is 35.5. The van der Waals surface area contributed by atoms with Crippen LogP contribution >= 0.6 is 11.6 Å². The van der Waals surface area contributed by atoms with Gasteiger partial charge in [-0.3, -0.25) is 19.3 Å². The first kappa shape index (κ1) is 14.9. The summed E-state index contributed by atoms with van der Waals surface area (Å²) in [6, 6.07) is 10.4. The number of amides is 3. The average molecular weight is 341 g/mol. The number of rotatable bonds is 3. The van der Waals surface area contributed by atoms with Crippen LogP contribution in [-0.2, 0) is 17.6 Å². The summed E-state index contributed by atoms with van der Waals surface area (Å²) in [5.74, 6) is -0.604. The van der Waals surface area contributed by atoms with Crippen LogP contribution in [0.5, 0.6) is 0 Å². The third-order valence-corrected chi connectivity index (χ3v) is 4.73. The number of benzene rings is 2. The summed E-state index contributed by atoms with van der Waals surface area (Å²) in [6.45, 7) is 0.256. The van der Waals surface area contributed by atoms with E-state index in [1.165, 1.54) is 4.90 Å². The van der Waals surface area contributed by atoms with Gasteiger partial charge in [0.2, 0.25) is 5.91 Å². The first-order chi connectivity index (χ1) is 11.5. The van der Waals surface area contributed by atoms with Gasteiger partial charge in [-0.25, -0.2) is 0 Å². The zero-order valence-electron chi connectivity index (χ0n) is 12.6. The van der Waals surface area contributed by atoms with Crippen LogP contribution < -0.4 is 5.32 Å². The largest absolute Gasteiger partial charge is 0.325 e. The fourth-order valence-corrected chi connectivity index (χ4v) is 3.42. The lowest BCUT2D eigenvalue weighted by atomic mass is 10.1. The lowest BCUT2D eigenvalue weighted by Gasteiger charge is -2.15. The Bertz CT molecular complexity index is 872. The van der Waals surface area contributed by atoms with Crippen molar-refractivity contribution < 1.29 is 14.4 Å². The van der Waals surface area contributed by atoms with Crippen molar-refractivity contribution in [3.63, 3.8) is 0 Å². The van der Waals surface area contributed by atoms with Gasteiger partial charge in [0, 0.05) is 17.3 Å². The van der Waals surface area contributed by atoms with Crippen LogP contribution in [0.15, 0.2) is 36.4 Å². The van der Waals surface area contributed by atoms with Crippen LogP contribution in [-0.4, -0.2) is 29.2 Å². The van der Waals surface area contributed by atoms with Gasteiger partial charge in [-0.1, -0.05) is 29.8 Å². The second-order valence-corrected chi connectivity index (χ2v) is 6.29. The highest BCUT2D eigenvalue weighted by Gasteiger charge is 2.34. The van der Waals surface area contributed by atoms with E-state index in [9.17, 15) is 14.4 Å². The van der Waals surface area contributed by atoms with E-state index >= 15 is 0 Å². The minimum atomic E-state index is -0.273. The highest BCUT2D eigenvalue weighted by Crippen LogP contribution is 2.30. The Kier molecular flexibility index (Phi) is 3.39. The number of imide groups is 1. The van der Waals surface area contributed by atoms with Crippen LogP contribution in [0.3, 0.4) is 0 Å². The van der Waals surface area contributed by atoms with Crippen molar-refractivity contribution in [2.75, 3.05) is 11.9 Å². The number of nitrogens with one attached hydrogen (secondary N) is 1. The molecule has 0 saturated carbocycles. The number of fused-ring (bicyclic) bond motifs is 2. The zero-order valence-corrected chi connectivity index (χ0v) is 13.4. The number of carbonyl (C=O) groups is 3. The Morgan fingerprint density at radius 1 is 1.04 bits per heavy atom. The van der Waals surface area contributed by atoms with Gasteiger partial charge in [0.15, 0.2) is 0 Å². The molecule has 6 heteroatoms. The molecular formula is C18H13ClN2O3. The Morgan fingerprint density at radius 2 is 1.71 bits per heavy atom. The zero-order chi connectivity index (χ0) is 16.8. The lowest BCUT2D eigenvalue weighted by molar-refractivity contribution is -0.115. The molecule has 0 aromatic heterocycles. The fraction of sp³-hybridized carbons (Fsp3) is 0.167. The van der Waals surface area contributed by atoms with Crippen molar-refractivity contribution in [1.82, 2.24) is 4.90 Å². The van der Waals surface area contributed by atoms with Crippen molar-refractivity contribution in [3.8, 4) is 0 Å². The van der Waals surface area contributed by atoms with E-state index in [1.807, 2.05) is 6.07 Å². The molecule has 0 unspecified atom stereocenters. The van der Waals surface area contributed by atoms with Gasteiger partial charge in [-0.15, -0.1) is 0 Å². The second kappa shape index (κ2) is 5.46. The highest BCUT2D eigenvalue weighted by molar-refractivity contribution is 6.32. The van der Waals surface area contributed by atoms with Gasteiger partial charge >= 0.3 is 0 Å². The summed E-state index contributed by atoms with van der Waals surface area (Å²) in [7, 11) is 0. The number of carbonyl (C=O) groups excluding carboxylic acids is 3. The van der Waals surface area contributed by atoms with Gasteiger partial charge in [-0.05, 0) is 35.7 Å². The molecule has 3 amide bonds. The summed E-state index contributed by atoms with van der Waals surface area (Å²) < 4.78 is 0. The molecule has 2 aromatic rings. The Hall–Kier alpha value is -2.66. The van der Waals surface area contributed by atoms with Crippen molar-refractivity contribution >= 4 is 35.0 Å². The number of hydrogen-bond donors (Lipinski definition) is 1. The SMILES string of the molecule is O=C1Cc2cc(CCN3C(=O)c4ccccc4C3=O)c(Cl)cc2N1. The van der Waals surface area contributed by atoms with Crippen LogP contribution in [0, 0.1) is 0 Å². The van der Waals surface area contributed by atoms with E-state index < -0.39 is 0 Å². The first-order valence-corrected chi connectivity index (χ1v) is 7.99. The summed E-state index contributed by atoms with van der Waals surface area (Å²) in [5.41, 5.74) is 3.33. The summed E-state index contributed by atoms with van der Waals surface area (Å²) in [5, 5.41) is 3.27. The number of halogens is 1. The maximum absolute atomic E-state index is 12.4. The smallest absolute Gasteiger partial charge is 0.261 e. The predicted molar refractivity (Wildman–Crippen MR) is 89.3 cm³/mol. The van der Waals surface area contributed by atoms with Crippen molar-refractivity contribution in [2.45, 2.75) is 12.8 Å². The van der Waals surface area contributed by atoms with E-state index in [0.717, 1.165) is 16.8 Å². The number of anilines is 1. The van der Waals surface area contributed by atoms with Crippen molar-refractivity contribution in [1.29, 1.82) is 0 Å². The fourth-order valence-electron chi connectivity index (χ4n) is 3.17. The van der Waals surface area contributed by atoms with Gasteiger partial charge in [0.1, 0.15) is 0 Å².